The van der Waals surface area contributed by atoms with Gasteiger partial charge in [0, 0.05) is 11.9 Å². The second kappa shape index (κ2) is 5.72. The number of nitrogens with one attached hydrogen (secondary N) is 1. The summed E-state index contributed by atoms with van der Waals surface area (Å²) in [6.07, 6.45) is 0.733. The fourth-order valence-corrected chi connectivity index (χ4v) is 2.02. The van der Waals surface area contributed by atoms with Gasteiger partial charge in [-0.15, -0.1) is 11.8 Å². The summed E-state index contributed by atoms with van der Waals surface area (Å²) in [5.74, 6) is -0.0211. The highest BCUT2D eigenvalue weighted by Gasteiger charge is 2.06. The van der Waals surface area contributed by atoms with E-state index in [2.05, 4.69) is 4.98 Å². The maximum Gasteiger partial charge on any atom is 0.141 e. The van der Waals surface area contributed by atoms with E-state index >= 15 is 0 Å². The van der Waals surface area contributed by atoms with Gasteiger partial charge in [0.05, 0.1) is 5.03 Å². The van der Waals surface area contributed by atoms with Crippen molar-refractivity contribution in [1.29, 1.82) is 5.41 Å². The summed E-state index contributed by atoms with van der Waals surface area (Å²) >= 11 is 1.58. The van der Waals surface area contributed by atoms with Gasteiger partial charge in [-0.2, -0.15) is 0 Å². The van der Waals surface area contributed by atoms with E-state index in [-0.39, 0.29) is 12.4 Å². The maximum absolute atomic E-state index is 8.77. The number of aliphatic hydroxyl groups excluding tert-OH is 1. The zero-order valence-electron chi connectivity index (χ0n) is 8.60. The van der Waals surface area contributed by atoms with Crippen LogP contribution in [0.1, 0.15) is 19.0 Å². The lowest BCUT2D eigenvalue weighted by atomic mass is 10.3. The van der Waals surface area contributed by atoms with Gasteiger partial charge in [0.2, 0.25) is 0 Å². The lowest BCUT2D eigenvalue weighted by molar-refractivity contribution is 0.289. The molecule has 5 heteroatoms. The smallest absolute Gasteiger partial charge is 0.141 e. The van der Waals surface area contributed by atoms with Crippen LogP contribution in [0.25, 0.3) is 0 Å². The summed E-state index contributed by atoms with van der Waals surface area (Å²) in [7, 11) is 0. The Bertz CT molecular complexity index is 343. The van der Waals surface area contributed by atoms with Crippen molar-refractivity contribution >= 4 is 17.6 Å². The van der Waals surface area contributed by atoms with Crippen molar-refractivity contribution in [2.45, 2.75) is 23.6 Å². The number of hydrogen-bond donors (Lipinski definition) is 3. The van der Waals surface area contributed by atoms with Crippen LogP contribution in [0.2, 0.25) is 0 Å². The molecule has 4 N–H and O–H groups in total. The van der Waals surface area contributed by atoms with Gasteiger partial charge < -0.3 is 10.8 Å². The van der Waals surface area contributed by atoms with E-state index in [4.69, 9.17) is 16.2 Å². The van der Waals surface area contributed by atoms with E-state index in [1.807, 2.05) is 19.1 Å². The highest BCUT2D eigenvalue weighted by Crippen LogP contribution is 2.22. The fourth-order valence-electron chi connectivity index (χ4n) is 1.08. The minimum absolute atomic E-state index is 0.0211. The zero-order valence-corrected chi connectivity index (χ0v) is 9.42. The third kappa shape index (κ3) is 3.89. The molecular weight excluding hydrogens is 210 g/mol. The lowest BCUT2D eigenvalue weighted by Gasteiger charge is -2.08. The van der Waals surface area contributed by atoms with Crippen LogP contribution in [0, 0.1) is 5.41 Å². The van der Waals surface area contributed by atoms with Gasteiger partial charge in [-0.1, -0.05) is 13.0 Å². The van der Waals surface area contributed by atoms with Crippen molar-refractivity contribution in [2.24, 2.45) is 5.73 Å². The van der Waals surface area contributed by atoms with Crippen LogP contribution in [-0.4, -0.2) is 27.8 Å². The minimum atomic E-state index is -0.0211. The molecule has 1 heterocycles. The molecule has 82 valence electrons. The third-order valence-corrected chi connectivity index (χ3v) is 2.96. The van der Waals surface area contributed by atoms with Crippen LogP contribution in [0.3, 0.4) is 0 Å². The predicted molar refractivity (Wildman–Crippen MR) is 62.3 cm³/mol. The Morgan fingerprint density at radius 1 is 1.67 bits per heavy atom. The molecule has 0 bridgehead atoms. The molecule has 0 saturated carbocycles. The number of nitrogens with two attached hydrogens (primary N) is 1. The van der Waals surface area contributed by atoms with Gasteiger partial charge in [-0.05, 0) is 18.6 Å². The van der Waals surface area contributed by atoms with E-state index in [1.54, 1.807) is 17.8 Å². The Morgan fingerprint density at radius 3 is 3.00 bits per heavy atom. The number of thioether (sulfide) groups is 1. The number of pyridine rings is 1. The van der Waals surface area contributed by atoms with Crippen molar-refractivity contribution < 1.29 is 5.11 Å². The van der Waals surface area contributed by atoms with Crippen molar-refractivity contribution in [3.05, 3.63) is 23.9 Å². The molecular formula is C10H15N3OS. The molecule has 4 nitrogen and oxygen atoms in total. The summed E-state index contributed by atoms with van der Waals surface area (Å²) in [6, 6.07) is 5.42. The fraction of sp³-hybridized carbons (Fsp3) is 0.400. The molecule has 0 amide bonds. The van der Waals surface area contributed by atoms with E-state index in [0.29, 0.717) is 10.9 Å². The normalized spacial score (nSPS) is 12.4. The first-order valence-corrected chi connectivity index (χ1v) is 5.60. The molecule has 0 aliphatic rings. The summed E-state index contributed by atoms with van der Waals surface area (Å²) in [6.45, 7) is 2.21. The zero-order chi connectivity index (χ0) is 11.3. The number of amidine groups is 1. The molecule has 0 spiro atoms. The van der Waals surface area contributed by atoms with Crippen LogP contribution in [0.15, 0.2) is 23.2 Å². The van der Waals surface area contributed by atoms with Gasteiger partial charge in [0.1, 0.15) is 11.5 Å². The van der Waals surface area contributed by atoms with Crippen LogP contribution >= 0.6 is 11.8 Å². The molecule has 0 aromatic carbocycles. The molecule has 0 fully saturated rings. The maximum atomic E-state index is 8.77. The van der Waals surface area contributed by atoms with Gasteiger partial charge in [0.25, 0.3) is 0 Å². The molecule has 1 aromatic rings. The average Bonchev–Trinajstić information content (AvgIpc) is 2.18. The van der Waals surface area contributed by atoms with Gasteiger partial charge in [0.15, 0.2) is 0 Å². The van der Waals surface area contributed by atoms with E-state index < -0.39 is 0 Å². The second-order valence-electron chi connectivity index (χ2n) is 3.22. The lowest BCUT2D eigenvalue weighted by Crippen LogP contribution is -2.13. The molecule has 0 aliphatic heterocycles. The minimum Gasteiger partial charge on any atom is -0.396 e. The molecule has 0 saturated heterocycles. The van der Waals surface area contributed by atoms with Gasteiger partial charge in [-0.25, -0.2) is 4.98 Å². The molecule has 0 aliphatic carbocycles. The largest absolute Gasteiger partial charge is 0.396 e. The van der Waals surface area contributed by atoms with Crippen molar-refractivity contribution in [3.63, 3.8) is 0 Å². The predicted octanol–water partition coefficient (Wildman–Crippen LogP) is 1.23. The Labute approximate surface area is 93.4 Å². The van der Waals surface area contributed by atoms with E-state index in [0.717, 1.165) is 11.4 Å². The monoisotopic (exact) mass is 225 g/mol. The Hall–Kier alpha value is -1.07. The summed E-state index contributed by atoms with van der Waals surface area (Å²) in [5, 5.41) is 17.2. The average molecular weight is 225 g/mol. The number of aliphatic hydroxyl groups is 1. The summed E-state index contributed by atoms with van der Waals surface area (Å²) < 4.78 is 0. The highest BCUT2D eigenvalue weighted by atomic mass is 32.2. The number of rotatable bonds is 5. The summed E-state index contributed by atoms with van der Waals surface area (Å²) in [5.41, 5.74) is 5.84. The van der Waals surface area contributed by atoms with Crippen LogP contribution in [0.4, 0.5) is 0 Å². The van der Waals surface area contributed by atoms with Crippen molar-refractivity contribution in [3.8, 4) is 0 Å². The SMILES string of the molecule is CC(CCO)Sc1cccc(C(=N)N)n1. The molecule has 1 aromatic heterocycles. The topological polar surface area (TPSA) is 83.0 Å². The molecule has 15 heavy (non-hydrogen) atoms. The van der Waals surface area contributed by atoms with Crippen molar-refractivity contribution in [2.75, 3.05) is 6.61 Å². The molecule has 1 unspecified atom stereocenters. The van der Waals surface area contributed by atoms with E-state index in [1.165, 1.54) is 0 Å². The summed E-state index contributed by atoms with van der Waals surface area (Å²) in [4.78, 5) is 4.23. The quantitative estimate of drug-likeness (QED) is 0.400. The first-order valence-electron chi connectivity index (χ1n) is 4.72. The first kappa shape index (κ1) is 12.0. The Balaban J connectivity index is 2.69. The second-order valence-corrected chi connectivity index (χ2v) is 4.67. The van der Waals surface area contributed by atoms with Gasteiger partial charge >= 0.3 is 0 Å². The van der Waals surface area contributed by atoms with Crippen LogP contribution < -0.4 is 5.73 Å². The number of nitrogen functional groups attached to an aromatic ring is 1. The first-order chi connectivity index (χ1) is 7.13. The third-order valence-electron chi connectivity index (χ3n) is 1.86. The standard InChI is InChI=1S/C10H15N3OS/c1-7(5-6-14)15-9-4-2-3-8(13-9)10(11)12/h2-4,7,14H,5-6H2,1H3,(H3,11,12). The Kier molecular flexibility index (Phi) is 4.58. The van der Waals surface area contributed by atoms with E-state index in [9.17, 15) is 0 Å². The molecule has 1 rings (SSSR count). The highest BCUT2D eigenvalue weighted by molar-refractivity contribution is 7.99. The Morgan fingerprint density at radius 2 is 2.40 bits per heavy atom. The van der Waals surface area contributed by atoms with Crippen LogP contribution in [0.5, 0.6) is 0 Å². The molecule has 1 atom stereocenters. The van der Waals surface area contributed by atoms with Gasteiger partial charge in [-0.3, -0.25) is 5.41 Å². The van der Waals surface area contributed by atoms with Crippen LogP contribution in [-0.2, 0) is 0 Å². The molecule has 0 radical (unpaired) electrons. The van der Waals surface area contributed by atoms with Crippen molar-refractivity contribution in [1.82, 2.24) is 4.98 Å². The number of nitrogens with zero attached hydrogens (tertiary/aromatic N) is 1. The number of aromatic nitrogens is 1. The number of hydrogen-bond acceptors (Lipinski definition) is 4.